The monoisotopic (exact) mass is 265 g/mol. The molecule has 0 radical (unpaired) electrons. The van der Waals surface area contributed by atoms with Crippen molar-refractivity contribution >= 4 is 5.97 Å². The third-order valence-corrected chi connectivity index (χ3v) is 3.84. The van der Waals surface area contributed by atoms with E-state index in [4.69, 9.17) is 5.11 Å². The van der Waals surface area contributed by atoms with Crippen molar-refractivity contribution in [2.45, 2.75) is 32.1 Å². The number of aromatic nitrogens is 2. The number of rotatable bonds is 6. The first kappa shape index (κ1) is 14.1. The number of aryl methyl sites for hydroxylation is 1. The first-order valence-corrected chi connectivity index (χ1v) is 7.05. The van der Waals surface area contributed by atoms with Gasteiger partial charge in [0.2, 0.25) is 0 Å². The smallest absolute Gasteiger partial charge is 0.303 e. The molecule has 106 valence electrons. The minimum absolute atomic E-state index is 0.307. The van der Waals surface area contributed by atoms with Gasteiger partial charge in [-0.1, -0.05) is 0 Å². The molecule has 1 fully saturated rings. The lowest BCUT2D eigenvalue weighted by Crippen LogP contribution is -2.36. The second-order valence-corrected chi connectivity index (χ2v) is 5.51. The Morgan fingerprint density at radius 2 is 2.42 bits per heavy atom. The van der Waals surface area contributed by atoms with E-state index in [1.165, 1.54) is 18.4 Å². The molecular formula is C14H23N3O2. The molecule has 1 aromatic rings. The molecule has 19 heavy (non-hydrogen) atoms. The van der Waals surface area contributed by atoms with Crippen LogP contribution in [0, 0.1) is 5.92 Å². The summed E-state index contributed by atoms with van der Waals surface area (Å²) in [6, 6.07) is 0. The van der Waals surface area contributed by atoms with Crippen LogP contribution in [0.25, 0.3) is 0 Å². The molecule has 1 aliphatic rings. The zero-order valence-corrected chi connectivity index (χ0v) is 11.6. The van der Waals surface area contributed by atoms with Crippen molar-refractivity contribution < 1.29 is 9.90 Å². The number of carbonyl (C=O) groups is 1. The fraction of sp³-hybridized carbons (Fsp3) is 0.714. The minimum atomic E-state index is -0.674. The average Bonchev–Trinajstić information content (AvgIpc) is 2.80. The molecule has 2 heterocycles. The van der Waals surface area contributed by atoms with Crippen LogP contribution in [0.4, 0.5) is 0 Å². The number of aliphatic carboxylic acids is 1. The predicted octanol–water partition coefficient (Wildman–Crippen LogP) is 1.54. The third-order valence-electron chi connectivity index (χ3n) is 3.84. The van der Waals surface area contributed by atoms with Gasteiger partial charge in [-0.2, -0.15) is 5.10 Å². The maximum atomic E-state index is 10.6. The molecule has 0 spiro atoms. The zero-order valence-electron chi connectivity index (χ0n) is 11.6. The Bertz CT molecular complexity index is 417. The molecule has 5 nitrogen and oxygen atoms in total. The quantitative estimate of drug-likeness (QED) is 0.847. The van der Waals surface area contributed by atoms with Gasteiger partial charge in [0.05, 0.1) is 6.20 Å². The number of nitrogens with zero attached hydrogens (tertiary/aromatic N) is 3. The highest BCUT2D eigenvalue weighted by molar-refractivity contribution is 5.66. The van der Waals surface area contributed by atoms with Crippen LogP contribution >= 0.6 is 0 Å². The van der Waals surface area contributed by atoms with Crippen LogP contribution in [0.3, 0.4) is 0 Å². The lowest BCUT2D eigenvalue weighted by Gasteiger charge is -2.32. The molecular weight excluding hydrogens is 242 g/mol. The molecule has 0 bridgehead atoms. The van der Waals surface area contributed by atoms with Crippen LogP contribution in [0.2, 0.25) is 0 Å². The van der Waals surface area contributed by atoms with E-state index < -0.39 is 5.97 Å². The summed E-state index contributed by atoms with van der Waals surface area (Å²) in [5, 5.41) is 12.9. The first-order chi connectivity index (χ1) is 9.13. The Hall–Kier alpha value is -1.36. The summed E-state index contributed by atoms with van der Waals surface area (Å²) in [5.74, 6) is -0.119. The van der Waals surface area contributed by atoms with Gasteiger partial charge in [0.1, 0.15) is 0 Å². The summed E-state index contributed by atoms with van der Waals surface area (Å²) in [4.78, 5) is 13.1. The Balaban J connectivity index is 1.73. The third kappa shape index (κ3) is 4.67. The lowest BCUT2D eigenvalue weighted by atomic mass is 9.93. The molecule has 1 aliphatic heterocycles. The maximum Gasteiger partial charge on any atom is 0.303 e. The van der Waals surface area contributed by atoms with Gasteiger partial charge in [0.25, 0.3) is 0 Å². The highest BCUT2D eigenvalue weighted by Gasteiger charge is 2.20. The van der Waals surface area contributed by atoms with Gasteiger partial charge in [0.15, 0.2) is 0 Å². The van der Waals surface area contributed by atoms with Gasteiger partial charge in [-0.15, -0.1) is 0 Å². The standard InChI is InChI=1S/C14H23N3O2/c1-16-10-13(9-15-16)6-8-17-7-2-3-12(11-17)4-5-14(18)19/h9-10,12H,2-8,11H2,1H3,(H,18,19). The molecule has 1 saturated heterocycles. The van der Waals surface area contributed by atoms with Crippen LogP contribution in [0.15, 0.2) is 12.4 Å². The van der Waals surface area contributed by atoms with Crippen molar-refractivity contribution in [1.29, 1.82) is 0 Å². The average molecular weight is 265 g/mol. The molecule has 2 rings (SSSR count). The number of likely N-dealkylation sites (tertiary alicyclic amines) is 1. The second-order valence-electron chi connectivity index (χ2n) is 5.51. The largest absolute Gasteiger partial charge is 0.481 e. The SMILES string of the molecule is Cn1cc(CCN2CCCC(CCC(=O)O)C2)cn1. The molecule has 1 atom stereocenters. The van der Waals surface area contributed by atoms with Crippen LogP contribution in [0.5, 0.6) is 0 Å². The van der Waals surface area contributed by atoms with Crippen LogP contribution in [-0.2, 0) is 18.3 Å². The number of piperidine rings is 1. The molecule has 1 N–H and O–H groups in total. The summed E-state index contributed by atoms with van der Waals surface area (Å²) >= 11 is 0. The van der Waals surface area contributed by atoms with Gasteiger partial charge in [0, 0.05) is 32.8 Å². The molecule has 0 amide bonds. The topological polar surface area (TPSA) is 58.4 Å². The molecule has 0 aliphatic carbocycles. The van der Waals surface area contributed by atoms with E-state index in [1.54, 1.807) is 0 Å². The summed E-state index contributed by atoms with van der Waals surface area (Å²) in [5.41, 5.74) is 1.27. The number of hydrogen-bond acceptors (Lipinski definition) is 3. The second kappa shape index (κ2) is 6.70. The highest BCUT2D eigenvalue weighted by Crippen LogP contribution is 2.21. The Morgan fingerprint density at radius 3 is 3.11 bits per heavy atom. The van der Waals surface area contributed by atoms with Crippen molar-refractivity contribution in [3.05, 3.63) is 18.0 Å². The fourth-order valence-electron chi connectivity index (χ4n) is 2.81. The highest BCUT2D eigenvalue weighted by atomic mass is 16.4. The molecule has 5 heteroatoms. The normalized spacial score (nSPS) is 20.6. The van der Waals surface area contributed by atoms with E-state index in [2.05, 4.69) is 16.2 Å². The molecule has 0 aromatic carbocycles. The predicted molar refractivity (Wildman–Crippen MR) is 72.9 cm³/mol. The number of hydrogen-bond donors (Lipinski definition) is 1. The van der Waals surface area contributed by atoms with Gasteiger partial charge in [-0.25, -0.2) is 0 Å². The van der Waals surface area contributed by atoms with Gasteiger partial charge in [-0.3, -0.25) is 9.48 Å². The van der Waals surface area contributed by atoms with E-state index in [9.17, 15) is 4.79 Å². The minimum Gasteiger partial charge on any atom is -0.481 e. The van der Waals surface area contributed by atoms with Crippen molar-refractivity contribution in [3.8, 4) is 0 Å². The van der Waals surface area contributed by atoms with Crippen molar-refractivity contribution in [2.75, 3.05) is 19.6 Å². The van der Waals surface area contributed by atoms with E-state index in [-0.39, 0.29) is 0 Å². The Labute approximate surface area is 114 Å². The zero-order chi connectivity index (χ0) is 13.7. The first-order valence-electron chi connectivity index (χ1n) is 7.05. The van der Waals surface area contributed by atoms with Gasteiger partial charge < -0.3 is 10.0 Å². The van der Waals surface area contributed by atoms with Crippen molar-refractivity contribution in [2.24, 2.45) is 13.0 Å². The van der Waals surface area contributed by atoms with Crippen LogP contribution in [-0.4, -0.2) is 45.4 Å². The van der Waals surface area contributed by atoms with E-state index >= 15 is 0 Å². The molecule has 0 saturated carbocycles. The van der Waals surface area contributed by atoms with E-state index in [0.717, 1.165) is 32.5 Å². The van der Waals surface area contributed by atoms with Crippen LogP contribution in [0.1, 0.15) is 31.2 Å². The lowest BCUT2D eigenvalue weighted by molar-refractivity contribution is -0.137. The number of carboxylic acids is 1. The summed E-state index contributed by atoms with van der Waals surface area (Å²) in [6.07, 6.45) is 8.51. The summed E-state index contributed by atoms with van der Waals surface area (Å²) in [7, 11) is 1.94. The van der Waals surface area contributed by atoms with E-state index in [0.29, 0.717) is 12.3 Å². The fourth-order valence-corrected chi connectivity index (χ4v) is 2.81. The molecule has 1 unspecified atom stereocenters. The van der Waals surface area contributed by atoms with Gasteiger partial charge >= 0.3 is 5.97 Å². The molecule has 1 aromatic heterocycles. The Morgan fingerprint density at radius 1 is 1.58 bits per heavy atom. The van der Waals surface area contributed by atoms with E-state index in [1.807, 2.05) is 17.9 Å². The summed E-state index contributed by atoms with van der Waals surface area (Å²) < 4.78 is 1.83. The Kier molecular flexibility index (Phi) is 4.96. The van der Waals surface area contributed by atoms with Crippen molar-refractivity contribution in [3.63, 3.8) is 0 Å². The maximum absolute atomic E-state index is 10.6. The number of carboxylic acid groups (broad SMARTS) is 1. The van der Waals surface area contributed by atoms with Gasteiger partial charge in [-0.05, 0) is 43.7 Å². The van der Waals surface area contributed by atoms with Crippen LogP contribution < -0.4 is 0 Å². The summed E-state index contributed by atoms with van der Waals surface area (Å²) in [6.45, 7) is 3.24. The van der Waals surface area contributed by atoms with Crippen molar-refractivity contribution in [1.82, 2.24) is 14.7 Å².